The average Bonchev–Trinajstić information content (AvgIpc) is 3.35. The van der Waals surface area contributed by atoms with Crippen LogP contribution in [0.3, 0.4) is 0 Å². The summed E-state index contributed by atoms with van der Waals surface area (Å²) in [7, 11) is 0. The number of nitrogens with zero attached hydrogens (tertiary/aromatic N) is 5. The van der Waals surface area contributed by atoms with E-state index < -0.39 is 5.97 Å². The summed E-state index contributed by atoms with van der Waals surface area (Å²) in [6, 6.07) is 12.4. The van der Waals surface area contributed by atoms with Gasteiger partial charge in [-0.05, 0) is 62.8 Å². The third-order valence-corrected chi connectivity index (χ3v) is 7.98. The predicted octanol–water partition coefficient (Wildman–Crippen LogP) is 5.27. The van der Waals surface area contributed by atoms with Crippen LogP contribution in [0.2, 0.25) is 0 Å². The van der Waals surface area contributed by atoms with E-state index in [1.54, 1.807) is 0 Å². The van der Waals surface area contributed by atoms with Crippen LogP contribution in [0, 0.1) is 6.92 Å². The van der Waals surface area contributed by atoms with Gasteiger partial charge in [-0.3, -0.25) is 9.78 Å². The van der Waals surface area contributed by atoms with E-state index in [1.165, 1.54) is 5.56 Å². The number of carboxylic acid groups (broad SMARTS) is 1. The summed E-state index contributed by atoms with van der Waals surface area (Å²) >= 11 is 0. The fourth-order valence-corrected chi connectivity index (χ4v) is 5.72. The van der Waals surface area contributed by atoms with Crippen LogP contribution in [0.25, 0.3) is 28.0 Å². The van der Waals surface area contributed by atoms with Crippen LogP contribution >= 0.6 is 0 Å². The number of aliphatic carboxylic acids is 1. The Balaban J connectivity index is 1.52. The van der Waals surface area contributed by atoms with Crippen molar-refractivity contribution in [1.29, 1.82) is 0 Å². The third kappa shape index (κ3) is 5.04. The number of rotatable bonds is 2. The standard InChI is InChI=1S/C31H33N5O3/c1-21-25(18-29(37)38)30-35-14-11-31(2,12-15-35)39-16-5-3-4-7-22-10-13-32-20-26(22)23-8-6-9-24(17-23)27-19-28(33-21)36(30)34-27/h3,5-6,8-10,13,17,19-20H,4,7,11-12,14-16,18H2,1-2H3,(H,37,38)/b5-3-. The molecule has 1 fully saturated rings. The molecule has 8 nitrogen and oxygen atoms in total. The Morgan fingerprint density at radius 1 is 1.13 bits per heavy atom. The first-order chi connectivity index (χ1) is 18.9. The number of ether oxygens (including phenoxy) is 1. The summed E-state index contributed by atoms with van der Waals surface area (Å²) in [4.78, 5) is 23.3. The van der Waals surface area contributed by atoms with Gasteiger partial charge in [0.15, 0.2) is 5.65 Å². The molecule has 4 aromatic rings. The van der Waals surface area contributed by atoms with Crippen LogP contribution in [-0.2, 0) is 22.4 Å². The molecule has 7 rings (SSSR count). The van der Waals surface area contributed by atoms with E-state index in [0.717, 1.165) is 72.7 Å². The Morgan fingerprint density at radius 3 is 2.77 bits per heavy atom. The van der Waals surface area contributed by atoms with E-state index >= 15 is 0 Å². The molecular weight excluding hydrogens is 490 g/mol. The van der Waals surface area contributed by atoms with Crippen molar-refractivity contribution in [3.8, 4) is 22.4 Å². The lowest BCUT2D eigenvalue weighted by molar-refractivity contribution is -0.136. The average molecular weight is 524 g/mol. The number of anilines is 1. The monoisotopic (exact) mass is 523 g/mol. The summed E-state index contributed by atoms with van der Waals surface area (Å²) in [5.41, 5.74) is 7.13. The van der Waals surface area contributed by atoms with E-state index in [4.69, 9.17) is 14.8 Å². The van der Waals surface area contributed by atoms with E-state index in [2.05, 4.69) is 53.2 Å². The number of aryl methyl sites for hydroxylation is 2. The van der Waals surface area contributed by atoms with Crippen LogP contribution in [0.4, 0.5) is 5.82 Å². The van der Waals surface area contributed by atoms with E-state index in [9.17, 15) is 9.90 Å². The predicted molar refractivity (Wildman–Crippen MR) is 151 cm³/mol. The minimum atomic E-state index is -0.879. The van der Waals surface area contributed by atoms with Gasteiger partial charge in [0.1, 0.15) is 5.82 Å². The second-order valence-corrected chi connectivity index (χ2v) is 10.7. The van der Waals surface area contributed by atoms with Gasteiger partial charge in [-0.2, -0.15) is 9.61 Å². The van der Waals surface area contributed by atoms with Crippen LogP contribution in [-0.4, -0.2) is 56.0 Å². The lowest BCUT2D eigenvalue weighted by atomic mass is 9.93. The van der Waals surface area contributed by atoms with Gasteiger partial charge in [0.25, 0.3) is 0 Å². The van der Waals surface area contributed by atoms with Gasteiger partial charge in [0, 0.05) is 53.9 Å². The van der Waals surface area contributed by atoms with Crippen LogP contribution in [0.1, 0.15) is 43.0 Å². The molecule has 6 heterocycles. The molecule has 39 heavy (non-hydrogen) atoms. The largest absolute Gasteiger partial charge is 0.481 e. The molecule has 0 spiro atoms. The number of piperidine rings is 1. The Morgan fingerprint density at radius 2 is 1.95 bits per heavy atom. The molecule has 0 unspecified atom stereocenters. The first kappa shape index (κ1) is 25.2. The Hall–Kier alpha value is -4.04. The van der Waals surface area contributed by atoms with E-state index in [-0.39, 0.29) is 12.0 Å². The molecule has 0 saturated carbocycles. The molecule has 3 aliphatic heterocycles. The highest BCUT2D eigenvalue weighted by Crippen LogP contribution is 2.34. The van der Waals surface area contributed by atoms with Gasteiger partial charge >= 0.3 is 5.97 Å². The molecule has 1 aromatic carbocycles. The van der Waals surface area contributed by atoms with Gasteiger partial charge in [0.2, 0.25) is 0 Å². The number of hydrogen-bond donors (Lipinski definition) is 1. The maximum atomic E-state index is 11.9. The van der Waals surface area contributed by atoms with Crippen LogP contribution in [0.15, 0.2) is 60.9 Å². The van der Waals surface area contributed by atoms with Crippen molar-refractivity contribution in [2.45, 2.75) is 51.6 Å². The summed E-state index contributed by atoms with van der Waals surface area (Å²) in [6.45, 7) is 6.14. The summed E-state index contributed by atoms with van der Waals surface area (Å²) in [5.74, 6) is -0.0629. The fourth-order valence-electron chi connectivity index (χ4n) is 5.72. The quantitative estimate of drug-likeness (QED) is 0.358. The lowest BCUT2D eigenvalue weighted by Crippen LogP contribution is -2.45. The topological polar surface area (TPSA) is 92.9 Å². The number of aromatic nitrogens is 4. The smallest absolute Gasteiger partial charge is 0.308 e. The van der Waals surface area contributed by atoms with Crippen molar-refractivity contribution in [1.82, 2.24) is 19.6 Å². The molecule has 0 aliphatic carbocycles. The summed E-state index contributed by atoms with van der Waals surface area (Å²) in [5, 5.41) is 14.7. The van der Waals surface area contributed by atoms with Crippen molar-refractivity contribution in [2.75, 3.05) is 24.6 Å². The van der Waals surface area contributed by atoms with E-state index in [0.29, 0.717) is 17.8 Å². The minimum absolute atomic E-state index is 0.104. The maximum absolute atomic E-state index is 11.9. The van der Waals surface area contributed by atoms with Gasteiger partial charge < -0.3 is 14.7 Å². The highest BCUT2D eigenvalue weighted by atomic mass is 16.5. The van der Waals surface area contributed by atoms with Gasteiger partial charge in [-0.1, -0.05) is 30.4 Å². The molecular formula is C31H33N5O3. The SMILES string of the molecule is Cc1nc2cc3nn2c(c1CC(=O)O)N1CCC(C)(CC1)OC/C=C\CCc1ccncc1-c1cccc-3c1. The zero-order valence-electron chi connectivity index (χ0n) is 22.4. The summed E-state index contributed by atoms with van der Waals surface area (Å²) < 4.78 is 8.19. The van der Waals surface area contributed by atoms with Crippen molar-refractivity contribution in [3.05, 3.63) is 77.8 Å². The van der Waals surface area contributed by atoms with Crippen LogP contribution < -0.4 is 4.90 Å². The summed E-state index contributed by atoms with van der Waals surface area (Å²) in [6.07, 6.45) is 11.5. The normalized spacial score (nSPS) is 17.8. The minimum Gasteiger partial charge on any atom is -0.481 e. The number of benzene rings is 1. The molecule has 6 bridgehead atoms. The number of fused-ring (bicyclic) bond motifs is 6. The van der Waals surface area contributed by atoms with Crippen molar-refractivity contribution >= 4 is 17.4 Å². The number of pyridine rings is 1. The maximum Gasteiger partial charge on any atom is 0.308 e. The molecule has 1 N–H and O–H groups in total. The Labute approximate surface area is 228 Å². The van der Waals surface area contributed by atoms with E-state index in [1.807, 2.05) is 36.0 Å². The highest BCUT2D eigenvalue weighted by Gasteiger charge is 2.33. The Kier molecular flexibility index (Phi) is 6.64. The molecule has 3 aliphatic rings. The molecule has 1 saturated heterocycles. The molecule has 0 amide bonds. The fraction of sp³-hybridized carbons (Fsp3) is 0.355. The first-order valence-corrected chi connectivity index (χ1v) is 13.6. The molecule has 0 radical (unpaired) electrons. The molecule has 200 valence electrons. The molecule has 8 heteroatoms. The third-order valence-electron chi connectivity index (χ3n) is 7.98. The number of allylic oxidation sites excluding steroid dienone is 1. The van der Waals surface area contributed by atoms with Gasteiger partial charge in [0.05, 0.1) is 24.3 Å². The van der Waals surface area contributed by atoms with Crippen LogP contribution in [0.5, 0.6) is 0 Å². The molecule has 3 aromatic heterocycles. The lowest BCUT2D eigenvalue weighted by Gasteiger charge is -2.40. The van der Waals surface area contributed by atoms with Gasteiger partial charge in [-0.25, -0.2) is 4.98 Å². The van der Waals surface area contributed by atoms with Gasteiger partial charge in [-0.15, -0.1) is 0 Å². The molecule has 0 atom stereocenters. The zero-order chi connectivity index (χ0) is 27.0. The first-order valence-electron chi connectivity index (χ1n) is 13.6. The van der Waals surface area contributed by atoms with Crippen molar-refractivity contribution in [3.63, 3.8) is 0 Å². The number of carboxylic acids is 1. The van der Waals surface area contributed by atoms with Crippen molar-refractivity contribution < 1.29 is 14.6 Å². The second-order valence-electron chi connectivity index (χ2n) is 10.7. The highest BCUT2D eigenvalue weighted by molar-refractivity contribution is 5.77. The Bertz CT molecular complexity index is 1570. The zero-order valence-corrected chi connectivity index (χ0v) is 22.4. The number of hydrogen-bond acceptors (Lipinski definition) is 6. The second kappa shape index (κ2) is 10.3. The van der Waals surface area contributed by atoms with Crippen molar-refractivity contribution in [2.24, 2.45) is 0 Å². The number of carbonyl (C=O) groups is 1.